The van der Waals surface area contributed by atoms with Crippen LogP contribution in [0.4, 0.5) is 0 Å². The molecule has 17 atom stereocenters. The number of aliphatic hydroxyl groups excluding tert-OH is 11. The van der Waals surface area contributed by atoms with Crippen LogP contribution >= 0.6 is 0 Å². The molecule has 3 aliphatic heterocycles. The Morgan fingerprint density at radius 3 is 0.946 bits per heavy atom. The fourth-order valence-corrected chi connectivity index (χ4v) is 13.5. The van der Waals surface area contributed by atoms with E-state index in [-0.39, 0.29) is 18.9 Å². The Balaban J connectivity index is 1.39. The van der Waals surface area contributed by atoms with Gasteiger partial charge in [-0.1, -0.05) is 309 Å². The third-order valence-electron chi connectivity index (χ3n) is 19.7. The molecular formula is C73H141NO18. The molecule has 3 heterocycles. The van der Waals surface area contributed by atoms with Crippen LogP contribution in [-0.4, -0.2) is 193 Å². The second kappa shape index (κ2) is 55.6. The van der Waals surface area contributed by atoms with Gasteiger partial charge < -0.3 is 89.9 Å². The number of hydrogen-bond donors (Lipinski definition) is 12. The van der Waals surface area contributed by atoms with Crippen molar-refractivity contribution in [3.8, 4) is 0 Å². The van der Waals surface area contributed by atoms with E-state index in [1.54, 1.807) is 0 Å². The number of carbonyl (C=O) groups is 1. The summed E-state index contributed by atoms with van der Waals surface area (Å²) in [6.45, 7) is 1.87. The van der Waals surface area contributed by atoms with Crippen LogP contribution in [0.2, 0.25) is 0 Å². The molecule has 0 spiro atoms. The van der Waals surface area contributed by atoms with Crippen molar-refractivity contribution in [1.29, 1.82) is 0 Å². The highest BCUT2D eigenvalue weighted by Gasteiger charge is 2.53. The quantitative estimate of drug-likeness (QED) is 0.0252. The molecule has 0 aromatic rings. The van der Waals surface area contributed by atoms with Crippen molar-refractivity contribution in [2.45, 2.75) is 433 Å². The van der Waals surface area contributed by atoms with Gasteiger partial charge in [0.25, 0.3) is 0 Å². The van der Waals surface area contributed by atoms with Gasteiger partial charge in [0, 0.05) is 6.42 Å². The summed E-state index contributed by atoms with van der Waals surface area (Å²) in [7, 11) is 0. The summed E-state index contributed by atoms with van der Waals surface area (Å²) in [4.78, 5) is 13.5. The number of amides is 1. The van der Waals surface area contributed by atoms with Gasteiger partial charge in [0.2, 0.25) is 5.91 Å². The molecule has 3 saturated heterocycles. The molecule has 19 heteroatoms. The smallest absolute Gasteiger partial charge is 0.220 e. The molecular weight excluding hydrogens is 1180 g/mol. The Bertz CT molecular complexity index is 1670. The van der Waals surface area contributed by atoms with E-state index in [0.29, 0.717) is 12.8 Å². The van der Waals surface area contributed by atoms with Crippen molar-refractivity contribution in [3.63, 3.8) is 0 Å². The maximum absolute atomic E-state index is 13.5. The maximum atomic E-state index is 13.5. The fourth-order valence-electron chi connectivity index (χ4n) is 13.5. The Morgan fingerprint density at radius 1 is 0.348 bits per heavy atom. The number of nitrogens with one attached hydrogen (secondary N) is 1. The van der Waals surface area contributed by atoms with Crippen molar-refractivity contribution < 1.29 is 89.4 Å². The summed E-state index contributed by atoms with van der Waals surface area (Å²) in [5.74, 6) is -0.234. The minimum absolute atomic E-state index is 0.234. The van der Waals surface area contributed by atoms with E-state index in [0.717, 1.165) is 44.9 Å². The lowest BCUT2D eigenvalue weighted by Crippen LogP contribution is -2.66. The third kappa shape index (κ3) is 36.6. The van der Waals surface area contributed by atoms with Crippen LogP contribution in [0.25, 0.3) is 0 Å². The Labute approximate surface area is 557 Å². The molecule has 0 saturated carbocycles. The summed E-state index contributed by atoms with van der Waals surface area (Å²) >= 11 is 0. The van der Waals surface area contributed by atoms with Crippen molar-refractivity contribution in [2.24, 2.45) is 0 Å². The normalized spacial score (nSPS) is 27.6. The molecule has 0 bridgehead atoms. The molecule has 19 nitrogen and oxygen atoms in total. The average Bonchev–Trinajstić information content (AvgIpc) is 0.856. The van der Waals surface area contributed by atoms with Crippen molar-refractivity contribution >= 4 is 5.91 Å². The third-order valence-corrected chi connectivity index (χ3v) is 19.7. The van der Waals surface area contributed by atoms with Gasteiger partial charge in [0.05, 0.1) is 38.6 Å². The second-order valence-corrected chi connectivity index (χ2v) is 27.8. The molecule has 0 aliphatic carbocycles. The van der Waals surface area contributed by atoms with Gasteiger partial charge in [-0.25, -0.2) is 0 Å². The van der Waals surface area contributed by atoms with Crippen LogP contribution < -0.4 is 5.32 Å². The number of ether oxygens (including phenoxy) is 6. The van der Waals surface area contributed by atoms with Crippen LogP contribution in [-0.2, 0) is 33.2 Å². The molecule has 17 unspecified atom stereocenters. The lowest BCUT2D eigenvalue weighted by molar-refractivity contribution is -0.379. The summed E-state index contributed by atoms with van der Waals surface area (Å²) in [5, 5.41) is 121. The molecule has 3 fully saturated rings. The zero-order valence-corrected chi connectivity index (χ0v) is 58.1. The summed E-state index contributed by atoms with van der Waals surface area (Å²) in [5.41, 5.74) is 0. The average molecular weight is 1320 g/mol. The molecule has 0 radical (unpaired) electrons. The topological polar surface area (TPSA) is 307 Å². The lowest BCUT2D eigenvalue weighted by atomic mass is 9.96. The Morgan fingerprint density at radius 2 is 0.620 bits per heavy atom. The first-order valence-electron chi connectivity index (χ1n) is 38.3. The lowest BCUT2D eigenvalue weighted by Gasteiger charge is -2.48. The van der Waals surface area contributed by atoms with Gasteiger partial charge >= 0.3 is 0 Å². The van der Waals surface area contributed by atoms with Crippen molar-refractivity contribution in [3.05, 3.63) is 0 Å². The van der Waals surface area contributed by atoms with Gasteiger partial charge in [-0.3, -0.25) is 4.79 Å². The molecule has 3 rings (SSSR count). The van der Waals surface area contributed by atoms with E-state index in [4.69, 9.17) is 28.4 Å². The first kappa shape index (κ1) is 85.0. The summed E-state index contributed by atoms with van der Waals surface area (Å²) < 4.78 is 34.5. The van der Waals surface area contributed by atoms with Gasteiger partial charge in [-0.05, 0) is 12.8 Å². The second-order valence-electron chi connectivity index (χ2n) is 27.8. The van der Waals surface area contributed by atoms with Crippen LogP contribution in [0, 0.1) is 0 Å². The van der Waals surface area contributed by atoms with E-state index in [9.17, 15) is 61.0 Å². The number of carbonyl (C=O) groups excluding carboxylic acids is 1. The van der Waals surface area contributed by atoms with Crippen LogP contribution in [0.5, 0.6) is 0 Å². The predicted octanol–water partition coefficient (Wildman–Crippen LogP) is 11.5. The molecule has 0 aromatic heterocycles. The molecule has 1 amide bonds. The Hall–Kier alpha value is -1.21. The van der Waals surface area contributed by atoms with E-state index in [1.165, 1.54) is 250 Å². The van der Waals surface area contributed by atoms with Gasteiger partial charge in [-0.2, -0.15) is 0 Å². The molecule has 92 heavy (non-hydrogen) atoms. The number of rotatable bonds is 61. The SMILES string of the molecule is CCCCCCCCCCCCCCCCCCCCCCCCCCCCC(O)C(COC1OC(CO)C(OC2OC(CO)C(OC3OC(CO)C(O)C(O)C3O)C(O)C2O)C(O)C1O)NC(=O)CCCCCCCCCCCCCCCCCCCCCCC. The molecule has 12 N–H and O–H groups in total. The summed E-state index contributed by atoms with van der Waals surface area (Å²) in [6, 6.07) is -0.882. The van der Waals surface area contributed by atoms with Gasteiger partial charge in [0.15, 0.2) is 18.9 Å². The summed E-state index contributed by atoms with van der Waals surface area (Å²) in [6.07, 6.45) is 34.7. The van der Waals surface area contributed by atoms with Crippen molar-refractivity contribution in [1.82, 2.24) is 5.32 Å². The highest BCUT2D eigenvalue weighted by Crippen LogP contribution is 2.33. The first-order valence-corrected chi connectivity index (χ1v) is 38.3. The van der Waals surface area contributed by atoms with E-state index in [1.807, 2.05) is 0 Å². The van der Waals surface area contributed by atoms with E-state index in [2.05, 4.69) is 19.2 Å². The zero-order chi connectivity index (χ0) is 66.8. The zero-order valence-electron chi connectivity index (χ0n) is 58.1. The maximum Gasteiger partial charge on any atom is 0.220 e. The Kier molecular flexibility index (Phi) is 51.4. The van der Waals surface area contributed by atoms with Gasteiger partial charge in [-0.15, -0.1) is 0 Å². The largest absolute Gasteiger partial charge is 0.394 e. The fraction of sp³-hybridized carbons (Fsp3) is 0.986. The van der Waals surface area contributed by atoms with Crippen LogP contribution in [0.15, 0.2) is 0 Å². The number of unbranched alkanes of at least 4 members (excludes halogenated alkanes) is 45. The highest BCUT2D eigenvalue weighted by molar-refractivity contribution is 5.76. The minimum Gasteiger partial charge on any atom is -0.394 e. The minimum atomic E-state index is -1.97. The van der Waals surface area contributed by atoms with Crippen molar-refractivity contribution in [2.75, 3.05) is 26.4 Å². The van der Waals surface area contributed by atoms with E-state index >= 15 is 0 Å². The molecule has 3 aliphatic rings. The number of aliphatic hydroxyl groups is 11. The number of hydrogen-bond acceptors (Lipinski definition) is 18. The van der Waals surface area contributed by atoms with Crippen LogP contribution in [0.3, 0.4) is 0 Å². The predicted molar refractivity (Wildman–Crippen MR) is 361 cm³/mol. The standard InChI is InChI=1S/C73H141NO18/c1-3-5-7-9-11-13-15-17-19-21-23-25-26-27-28-29-31-32-34-36-38-40-42-44-46-48-50-57(78)56(74-61(79)51-49-47-45-43-41-39-37-35-33-30-24-22-20-18-16-14-12-10-8-6-4-2)55-87-71-67(85)64(82)69(59(53-76)89-71)92-73-68(86)65(83)70(60(54-77)90-73)91-72-66(84)63(81)62(80)58(52-75)88-72/h56-60,62-73,75-78,80-86H,3-55H2,1-2H3,(H,74,79). The van der Waals surface area contributed by atoms with E-state index < -0.39 is 124 Å². The van der Waals surface area contributed by atoms with Crippen LogP contribution in [0.1, 0.15) is 328 Å². The molecule has 546 valence electrons. The monoisotopic (exact) mass is 1320 g/mol. The first-order chi connectivity index (χ1) is 44.8. The van der Waals surface area contributed by atoms with Gasteiger partial charge in [0.1, 0.15) is 73.2 Å². The highest BCUT2D eigenvalue weighted by atomic mass is 16.8. The molecule has 0 aromatic carbocycles.